The van der Waals surface area contributed by atoms with Crippen molar-refractivity contribution in [1.29, 1.82) is 0 Å². The number of ketones is 2. The Kier molecular flexibility index (Phi) is 14.9. The number of Topliss-reactive ketones (excluding diaryl/α,β-unsaturated/α-hetero) is 2. The van der Waals surface area contributed by atoms with Crippen LogP contribution in [0, 0.1) is 11.8 Å². The molecule has 3 amide bonds. The molecular formula is C52H56F3N4O12P. The van der Waals surface area contributed by atoms with Crippen molar-refractivity contribution in [1.82, 2.24) is 10.2 Å². The third-order valence-electron chi connectivity index (χ3n) is 14.3. The number of nitrogens with zero attached hydrogens (tertiary/aromatic N) is 1. The molecule has 4 aromatic rings. The summed E-state index contributed by atoms with van der Waals surface area (Å²) in [5.74, 6) is -14.2. The maximum atomic E-state index is 14.3. The summed E-state index contributed by atoms with van der Waals surface area (Å²) >= 11 is 0. The molecule has 0 spiro atoms. The van der Waals surface area contributed by atoms with Gasteiger partial charge in [0.1, 0.15) is 22.8 Å². The van der Waals surface area contributed by atoms with Gasteiger partial charge in [-0.25, -0.2) is 0 Å². The molecule has 1 fully saturated rings. The molecule has 3 aliphatic rings. The summed E-state index contributed by atoms with van der Waals surface area (Å²) in [5.41, 5.74) is 0.272. The molecular weight excluding hydrogens is 961 g/mol. The molecule has 0 aliphatic heterocycles. The van der Waals surface area contributed by atoms with E-state index < -0.39 is 119 Å². The Balaban J connectivity index is 0.997. The standard InChI is InChI=1S/C52H56F3N4O12P/c1-29-33-25-26-34(43(62)38(33)44(63)39-37(29)45(64)41-42(59(2)3)46(65)40(49(56)68)48(67)51(41,70)47(39)66)58-36(61)28-57-35(60)24-16-5-4-6-17-27-72(30-18-10-7-11-19-30,31-20-12-8-13-21-31,32-22-14-9-15-23-32)71-50(69)52(53,54)55/h7-15,18-23,25-26,29,37,41-42,45,62-64,67,70H,4-6,16-17,24,27-28H2,1-3H3,(H2,56,68)(H,57,60)(H,58,61)/t29-,37+,41+,42-,45-,51-/m0/s1. The summed E-state index contributed by atoms with van der Waals surface area (Å²) in [6.45, 7) is -3.61. The van der Waals surface area contributed by atoms with Crippen LogP contribution in [0.5, 0.6) is 5.75 Å². The van der Waals surface area contributed by atoms with Crippen LogP contribution in [0.25, 0.3) is 5.76 Å². The van der Waals surface area contributed by atoms with Crippen molar-refractivity contribution in [3.05, 3.63) is 131 Å². The zero-order valence-electron chi connectivity index (χ0n) is 39.6. The van der Waals surface area contributed by atoms with E-state index >= 15 is 0 Å². The number of benzene rings is 4. The number of hydrogen-bond acceptors (Lipinski definition) is 13. The number of likely N-dealkylation sites (N-methyl/N-ethyl adjacent to an activating group) is 1. The Morgan fingerprint density at radius 1 is 0.792 bits per heavy atom. The van der Waals surface area contributed by atoms with E-state index in [2.05, 4.69) is 10.6 Å². The average molecular weight is 1020 g/mol. The number of amides is 3. The smallest absolute Gasteiger partial charge is 0.255 e. The third kappa shape index (κ3) is 8.92. The molecule has 3 aliphatic carbocycles. The van der Waals surface area contributed by atoms with E-state index in [1.807, 2.05) is 0 Å². The number of aromatic hydroxyl groups is 1. The molecule has 16 nitrogen and oxygen atoms in total. The predicted octanol–water partition coefficient (Wildman–Crippen LogP) is 4.44. The molecule has 382 valence electrons. The van der Waals surface area contributed by atoms with E-state index in [1.54, 1.807) is 97.9 Å². The molecule has 0 saturated heterocycles. The van der Waals surface area contributed by atoms with E-state index in [1.165, 1.54) is 31.1 Å². The quantitative estimate of drug-likeness (QED) is 0.0315. The van der Waals surface area contributed by atoms with Crippen LogP contribution in [0.3, 0.4) is 0 Å². The number of nitrogens with two attached hydrogens (primary N) is 1. The van der Waals surface area contributed by atoms with Crippen molar-refractivity contribution in [2.75, 3.05) is 32.1 Å². The first-order valence-electron chi connectivity index (χ1n) is 23.3. The molecule has 7 rings (SSSR count). The number of primary amides is 1. The van der Waals surface area contributed by atoms with Gasteiger partial charge in [0.25, 0.3) is 5.91 Å². The Hall–Kier alpha value is -6.92. The average Bonchev–Trinajstić information content (AvgIpc) is 3.34. The second kappa shape index (κ2) is 20.3. The van der Waals surface area contributed by atoms with Gasteiger partial charge in [-0.05, 0) is 31.6 Å². The van der Waals surface area contributed by atoms with Gasteiger partial charge < -0.3 is 31.3 Å². The fourth-order valence-corrected chi connectivity index (χ4v) is 16.7. The number of aliphatic hydroxyl groups excluding tert-OH is 3. The summed E-state index contributed by atoms with van der Waals surface area (Å²) in [5, 5.41) is 64.3. The van der Waals surface area contributed by atoms with Crippen molar-refractivity contribution in [3.8, 4) is 5.75 Å². The van der Waals surface area contributed by atoms with Crippen LogP contribution >= 0.6 is 6.83 Å². The molecule has 9 N–H and O–H groups in total. The van der Waals surface area contributed by atoms with E-state index in [0.29, 0.717) is 48.0 Å². The van der Waals surface area contributed by atoms with Gasteiger partial charge in [-0.1, -0.05) is 13.0 Å². The summed E-state index contributed by atoms with van der Waals surface area (Å²) in [7, 11) is 2.80. The second-order valence-electron chi connectivity index (χ2n) is 18.6. The summed E-state index contributed by atoms with van der Waals surface area (Å²) < 4.78 is 48.6. The number of halogens is 3. The summed E-state index contributed by atoms with van der Waals surface area (Å²) in [6, 6.07) is 26.8. The van der Waals surface area contributed by atoms with Crippen molar-refractivity contribution in [2.45, 2.75) is 75.3 Å². The number of hydrogen-bond donors (Lipinski definition) is 8. The Bertz CT molecular complexity index is 2760. The number of carbonyl (C=O) groups is 6. The Labute approximate surface area is 412 Å². The molecule has 0 bridgehead atoms. The zero-order valence-corrected chi connectivity index (χ0v) is 40.5. The van der Waals surface area contributed by atoms with Crippen molar-refractivity contribution >= 4 is 69.4 Å². The van der Waals surface area contributed by atoms with Crippen LogP contribution in [0.4, 0.5) is 18.9 Å². The van der Waals surface area contributed by atoms with Crippen LogP contribution in [0.15, 0.2) is 120 Å². The first-order chi connectivity index (χ1) is 34.0. The minimum Gasteiger partial charge on any atom is -0.508 e. The topological polar surface area (TPSA) is 266 Å². The number of rotatable bonds is 17. The second-order valence-corrected chi connectivity index (χ2v) is 23.2. The Morgan fingerprint density at radius 2 is 1.32 bits per heavy atom. The van der Waals surface area contributed by atoms with Crippen LogP contribution in [-0.2, 0) is 33.3 Å². The normalized spacial score (nSPS) is 22.5. The maximum Gasteiger partial charge on any atom is 0.255 e. The number of anilines is 1. The molecule has 6 atom stereocenters. The van der Waals surface area contributed by atoms with E-state index in [4.69, 9.17) is 10.3 Å². The number of nitrogens with one attached hydrogen (secondary N) is 2. The number of phenolic OH excluding ortho intramolecular Hbond substituents is 1. The van der Waals surface area contributed by atoms with E-state index in [-0.39, 0.29) is 29.4 Å². The molecule has 0 aromatic heterocycles. The molecule has 20 heteroatoms. The molecule has 72 heavy (non-hydrogen) atoms. The van der Waals surface area contributed by atoms with Crippen molar-refractivity contribution < 1.29 is 72.0 Å². The van der Waals surface area contributed by atoms with Gasteiger partial charge in [-0.3, -0.25) is 19.3 Å². The van der Waals surface area contributed by atoms with Gasteiger partial charge in [-0.15, -0.1) is 0 Å². The predicted molar refractivity (Wildman–Crippen MR) is 262 cm³/mol. The van der Waals surface area contributed by atoms with Gasteiger partial charge in [0.15, 0.2) is 11.4 Å². The first kappa shape index (κ1) is 52.9. The fourth-order valence-electron chi connectivity index (χ4n) is 10.9. The Morgan fingerprint density at radius 3 is 1.83 bits per heavy atom. The van der Waals surface area contributed by atoms with Gasteiger partial charge in [0.2, 0.25) is 5.78 Å². The van der Waals surface area contributed by atoms with Crippen LogP contribution < -0.4 is 32.3 Å². The molecule has 0 heterocycles. The number of fused-ring (bicyclic) bond motifs is 3. The number of carbonyl (C=O) groups excluding carboxylic acids is 6. The summed E-state index contributed by atoms with van der Waals surface area (Å²) in [4.78, 5) is 80.3. The van der Waals surface area contributed by atoms with Crippen LogP contribution in [0.1, 0.15) is 62.5 Å². The van der Waals surface area contributed by atoms with Crippen LogP contribution in [-0.4, -0.2) is 116 Å². The van der Waals surface area contributed by atoms with Gasteiger partial charge in [-0.2, -0.15) is 0 Å². The number of unbranched alkanes of at least 4 members (excludes halogenated alkanes) is 4. The van der Waals surface area contributed by atoms with Gasteiger partial charge in [0.05, 0.1) is 29.3 Å². The monoisotopic (exact) mass is 1020 g/mol. The first-order valence-corrected chi connectivity index (χ1v) is 25.6. The molecule has 4 aromatic carbocycles. The summed E-state index contributed by atoms with van der Waals surface area (Å²) in [6.07, 6.45) is -4.61. The SMILES string of the molecule is C[C@H]1c2ccc(NC(=O)CNC(=O)CCCCCCCP(OC(=O)C(F)(F)F)(c3ccccc3)(c3ccccc3)c3ccccc3)c(O)c2C(O)=C2C(=O)[C@]3(O)C(O)=C(C(N)=O)C(=O)[C@@H](N(C)C)[C@@H]3[C@@H](O)[C@@H]21. The molecule has 0 unspecified atom stereocenters. The third-order valence-corrected chi connectivity index (χ3v) is 20.2. The molecule has 1 saturated carbocycles. The van der Waals surface area contributed by atoms with Gasteiger partial charge >= 0.3 is 232 Å². The fraction of sp³-hybridized carbons (Fsp3) is 0.346. The number of alkyl halides is 3. The maximum absolute atomic E-state index is 14.3. The van der Waals surface area contributed by atoms with Crippen molar-refractivity contribution in [2.24, 2.45) is 17.6 Å². The van der Waals surface area contributed by atoms with E-state index in [9.17, 15) is 67.5 Å². The minimum absolute atomic E-state index is 0.0147. The molecule has 0 radical (unpaired) electrons. The zero-order chi connectivity index (χ0) is 52.5. The van der Waals surface area contributed by atoms with Crippen molar-refractivity contribution in [3.63, 3.8) is 0 Å². The van der Waals surface area contributed by atoms with Crippen LogP contribution in [0.2, 0.25) is 0 Å². The van der Waals surface area contributed by atoms with Gasteiger partial charge in [0, 0.05) is 11.5 Å². The number of phenols is 1. The largest absolute Gasteiger partial charge is 0.508 e. The van der Waals surface area contributed by atoms with E-state index in [0.717, 1.165) is 0 Å². The minimum atomic E-state index is -5.28. The number of aliphatic hydroxyl groups is 4.